The molecule has 1 N–H and O–H groups in total. The van der Waals surface area contributed by atoms with Gasteiger partial charge in [0, 0.05) is 23.9 Å². The number of anilines is 1. The van der Waals surface area contributed by atoms with Gasteiger partial charge in [-0.2, -0.15) is 5.10 Å². The molecule has 9 heteroatoms. The zero-order valence-corrected chi connectivity index (χ0v) is 15.7. The maximum Gasteiger partial charge on any atom is 0.269 e. The Morgan fingerprint density at radius 2 is 2.00 bits per heavy atom. The molecule has 0 spiro atoms. The van der Waals surface area contributed by atoms with E-state index in [4.69, 9.17) is 4.42 Å². The highest BCUT2D eigenvalue weighted by Crippen LogP contribution is 2.27. The smallest absolute Gasteiger partial charge is 0.269 e. The second-order valence-corrected chi connectivity index (χ2v) is 6.71. The summed E-state index contributed by atoms with van der Waals surface area (Å²) in [5.74, 6) is 0.162. The average Bonchev–Trinajstić information content (AvgIpc) is 3.37. The van der Waals surface area contributed by atoms with Gasteiger partial charge in [0.25, 0.3) is 11.6 Å². The van der Waals surface area contributed by atoms with Crippen LogP contribution in [0.15, 0.2) is 59.3 Å². The predicted molar refractivity (Wildman–Crippen MR) is 107 cm³/mol. The van der Waals surface area contributed by atoms with Crippen LogP contribution in [-0.4, -0.2) is 25.6 Å². The van der Waals surface area contributed by atoms with Crippen molar-refractivity contribution in [1.29, 1.82) is 0 Å². The third-order valence-corrected chi connectivity index (χ3v) is 4.41. The molecule has 0 bridgehead atoms. The Kier molecular flexibility index (Phi) is 4.55. The quantitative estimate of drug-likeness (QED) is 0.397. The number of nitro groups is 1. The van der Waals surface area contributed by atoms with Gasteiger partial charge < -0.3 is 9.73 Å². The van der Waals surface area contributed by atoms with Gasteiger partial charge in [-0.3, -0.25) is 14.9 Å². The summed E-state index contributed by atoms with van der Waals surface area (Å²) in [6.07, 6.45) is 3.15. The lowest BCUT2D eigenvalue weighted by Crippen LogP contribution is -2.13. The van der Waals surface area contributed by atoms with Crippen molar-refractivity contribution in [3.8, 4) is 11.5 Å². The third-order valence-electron chi connectivity index (χ3n) is 4.41. The number of rotatable bonds is 5. The van der Waals surface area contributed by atoms with E-state index in [1.807, 2.05) is 13.8 Å². The molecule has 1 aromatic carbocycles. The van der Waals surface area contributed by atoms with Crippen LogP contribution in [0.4, 0.5) is 11.4 Å². The molecule has 146 valence electrons. The number of aromatic nitrogens is 3. The zero-order valence-electron chi connectivity index (χ0n) is 15.7. The lowest BCUT2D eigenvalue weighted by molar-refractivity contribution is -0.384. The first-order chi connectivity index (χ1) is 13.9. The Balaban J connectivity index is 1.77. The number of pyridine rings is 1. The fourth-order valence-corrected chi connectivity index (χ4v) is 3.00. The summed E-state index contributed by atoms with van der Waals surface area (Å²) in [4.78, 5) is 27.9. The van der Waals surface area contributed by atoms with E-state index in [9.17, 15) is 14.9 Å². The number of non-ortho nitro benzene ring substituents is 1. The van der Waals surface area contributed by atoms with Crippen LogP contribution in [0.2, 0.25) is 0 Å². The van der Waals surface area contributed by atoms with E-state index in [0.717, 1.165) is 0 Å². The van der Waals surface area contributed by atoms with E-state index >= 15 is 0 Å². The SMILES string of the molecule is CC(C)n1ncc2c(C(=O)Nc3ccc([N+](=O)[O-])cc3)cc(-c3ccco3)nc21. The molecule has 0 atom stereocenters. The number of amides is 1. The van der Waals surface area contributed by atoms with E-state index < -0.39 is 4.92 Å². The minimum atomic E-state index is -0.492. The van der Waals surface area contributed by atoms with Gasteiger partial charge >= 0.3 is 0 Å². The molecule has 0 aliphatic carbocycles. The number of carbonyl (C=O) groups is 1. The fourth-order valence-electron chi connectivity index (χ4n) is 3.00. The van der Waals surface area contributed by atoms with Crippen molar-refractivity contribution in [2.24, 2.45) is 0 Å². The second-order valence-electron chi connectivity index (χ2n) is 6.71. The van der Waals surface area contributed by atoms with Gasteiger partial charge in [0.1, 0.15) is 5.69 Å². The molecule has 1 amide bonds. The lowest BCUT2D eigenvalue weighted by atomic mass is 10.1. The van der Waals surface area contributed by atoms with Gasteiger partial charge in [0.15, 0.2) is 11.4 Å². The zero-order chi connectivity index (χ0) is 20.5. The van der Waals surface area contributed by atoms with Crippen molar-refractivity contribution in [1.82, 2.24) is 14.8 Å². The molecule has 29 heavy (non-hydrogen) atoms. The molecule has 0 fully saturated rings. The van der Waals surface area contributed by atoms with Crippen molar-refractivity contribution >= 4 is 28.3 Å². The van der Waals surface area contributed by atoms with Crippen molar-refractivity contribution in [2.75, 3.05) is 5.32 Å². The molecule has 3 heterocycles. The van der Waals surface area contributed by atoms with Crippen LogP contribution in [0, 0.1) is 10.1 Å². The summed E-state index contributed by atoms with van der Waals surface area (Å²) in [7, 11) is 0. The van der Waals surface area contributed by atoms with Crippen LogP contribution >= 0.6 is 0 Å². The van der Waals surface area contributed by atoms with Gasteiger partial charge in [-0.1, -0.05) is 0 Å². The molecule has 0 aliphatic heterocycles. The number of hydrogen-bond donors (Lipinski definition) is 1. The van der Waals surface area contributed by atoms with Crippen LogP contribution in [0.1, 0.15) is 30.2 Å². The Bertz CT molecular complexity index is 1190. The number of carbonyl (C=O) groups excluding carboxylic acids is 1. The van der Waals surface area contributed by atoms with E-state index in [1.54, 1.807) is 29.1 Å². The van der Waals surface area contributed by atoms with Gasteiger partial charge in [-0.25, -0.2) is 9.67 Å². The maximum absolute atomic E-state index is 13.0. The lowest BCUT2D eigenvalue weighted by Gasteiger charge is -2.10. The number of nitrogens with one attached hydrogen (secondary N) is 1. The molecular formula is C20H17N5O4. The Labute approximate surface area is 165 Å². The molecule has 4 rings (SSSR count). The largest absolute Gasteiger partial charge is 0.463 e. The van der Waals surface area contributed by atoms with E-state index in [2.05, 4.69) is 15.4 Å². The van der Waals surface area contributed by atoms with Crippen molar-refractivity contribution in [2.45, 2.75) is 19.9 Å². The molecule has 0 saturated carbocycles. The fraction of sp³-hybridized carbons (Fsp3) is 0.150. The summed E-state index contributed by atoms with van der Waals surface area (Å²) in [5.41, 5.74) is 1.86. The van der Waals surface area contributed by atoms with Crippen LogP contribution in [0.25, 0.3) is 22.5 Å². The first-order valence-electron chi connectivity index (χ1n) is 8.92. The summed E-state index contributed by atoms with van der Waals surface area (Å²) in [6, 6.07) is 10.9. The van der Waals surface area contributed by atoms with Gasteiger partial charge in [0.05, 0.1) is 28.3 Å². The molecule has 4 aromatic rings. The Hall–Kier alpha value is -4.01. The number of nitrogens with zero attached hydrogens (tertiary/aromatic N) is 4. The maximum atomic E-state index is 13.0. The third kappa shape index (κ3) is 3.45. The number of nitro benzene ring substituents is 1. The van der Waals surface area contributed by atoms with E-state index in [0.29, 0.717) is 33.7 Å². The van der Waals surface area contributed by atoms with Crippen LogP contribution < -0.4 is 5.32 Å². The molecule has 0 radical (unpaired) electrons. The van der Waals surface area contributed by atoms with Crippen molar-refractivity contribution in [3.63, 3.8) is 0 Å². The molecular weight excluding hydrogens is 374 g/mol. The van der Waals surface area contributed by atoms with Gasteiger partial charge in [-0.05, 0) is 44.2 Å². The van der Waals surface area contributed by atoms with Crippen molar-refractivity contribution in [3.05, 3.63) is 70.6 Å². The van der Waals surface area contributed by atoms with E-state index in [-0.39, 0.29) is 17.6 Å². The number of furan rings is 1. The molecule has 9 nitrogen and oxygen atoms in total. The average molecular weight is 391 g/mol. The van der Waals surface area contributed by atoms with Gasteiger partial charge in [-0.15, -0.1) is 0 Å². The number of fused-ring (bicyclic) bond motifs is 1. The van der Waals surface area contributed by atoms with Crippen molar-refractivity contribution < 1.29 is 14.1 Å². The van der Waals surface area contributed by atoms with Crippen LogP contribution in [0.3, 0.4) is 0 Å². The minimum Gasteiger partial charge on any atom is -0.463 e. The summed E-state index contributed by atoms with van der Waals surface area (Å²) >= 11 is 0. The summed E-state index contributed by atoms with van der Waals surface area (Å²) < 4.78 is 7.19. The van der Waals surface area contributed by atoms with Crippen LogP contribution in [-0.2, 0) is 0 Å². The molecule has 0 aliphatic rings. The minimum absolute atomic E-state index is 0.0485. The predicted octanol–water partition coefficient (Wildman–Crippen LogP) is 4.43. The molecule has 0 saturated heterocycles. The highest BCUT2D eigenvalue weighted by Gasteiger charge is 2.19. The Morgan fingerprint density at radius 1 is 1.24 bits per heavy atom. The summed E-state index contributed by atoms with van der Waals surface area (Å²) in [6.45, 7) is 3.95. The normalized spacial score (nSPS) is 11.1. The second kappa shape index (κ2) is 7.19. The molecule has 0 unspecified atom stereocenters. The monoisotopic (exact) mass is 391 g/mol. The highest BCUT2D eigenvalue weighted by atomic mass is 16.6. The van der Waals surface area contributed by atoms with E-state index in [1.165, 1.54) is 30.5 Å². The number of hydrogen-bond acceptors (Lipinski definition) is 6. The highest BCUT2D eigenvalue weighted by molar-refractivity contribution is 6.12. The van der Waals surface area contributed by atoms with Crippen LogP contribution in [0.5, 0.6) is 0 Å². The summed E-state index contributed by atoms with van der Waals surface area (Å²) in [5, 5.41) is 18.5. The standard InChI is InChI=1S/C20H17N5O4/c1-12(2)24-19-16(11-21-24)15(10-17(23-19)18-4-3-9-29-18)20(26)22-13-5-7-14(8-6-13)25(27)28/h3-12H,1-2H3,(H,22,26). The topological polar surface area (TPSA) is 116 Å². The first kappa shape index (κ1) is 18.4. The Morgan fingerprint density at radius 3 is 2.62 bits per heavy atom. The first-order valence-corrected chi connectivity index (χ1v) is 8.92. The number of benzene rings is 1. The molecule has 3 aromatic heterocycles. The van der Waals surface area contributed by atoms with Gasteiger partial charge in [0.2, 0.25) is 0 Å².